The quantitative estimate of drug-likeness (QED) is 0.832. The van der Waals surface area contributed by atoms with Crippen LogP contribution < -0.4 is 19.9 Å². The summed E-state index contributed by atoms with van der Waals surface area (Å²) in [6.45, 7) is 1.89. The molecule has 0 unspecified atom stereocenters. The Kier molecular flexibility index (Phi) is 5.21. The van der Waals surface area contributed by atoms with Gasteiger partial charge in [-0.25, -0.2) is 0 Å². The molecule has 0 bridgehead atoms. The molecule has 0 amide bonds. The Bertz CT molecular complexity index is 825. The van der Waals surface area contributed by atoms with Crippen LogP contribution in [0.15, 0.2) is 24.3 Å². The van der Waals surface area contributed by atoms with Crippen molar-refractivity contribution in [2.24, 2.45) is 0 Å². The van der Waals surface area contributed by atoms with Crippen molar-refractivity contribution in [3.63, 3.8) is 0 Å². The summed E-state index contributed by atoms with van der Waals surface area (Å²) in [5, 5.41) is 0. The minimum Gasteiger partial charge on any atom is -0.495 e. The van der Waals surface area contributed by atoms with Gasteiger partial charge >= 0.3 is 0 Å². The minimum atomic E-state index is 0. The average molecular weight is 377 g/mol. The molecule has 2 aromatic rings. The summed E-state index contributed by atoms with van der Waals surface area (Å²) in [6.07, 6.45) is 1.96. The van der Waals surface area contributed by atoms with Crippen molar-refractivity contribution in [1.82, 2.24) is 4.90 Å². The molecule has 0 aromatic heterocycles. The number of methoxy groups -OCH3 is 3. The van der Waals surface area contributed by atoms with Gasteiger partial charge in [0.1, 0.15) is 5.75 Å². The first-order chi connectivity index (χ1) is 12.2. The van der Waals surface area contributed by atoms with Gasteiger partial charge in [-0.15, -0.1) is 12.4 Å². The highest BCUT2D eigenvalue weighted by Crippen LogP contribution is 2.44. The highest BCUT2D eigenvalue weighted by atomic mass is 35.5. The third-order valence-electron chi connectivity index (χ3n) is 5.48. The fourth-order valence-corrected chi connectivity index (χ4v) is 4.21. The van der Waals surface area contributed by atoms with E-state index in [0.29, 0.717) is 11.7 Å². The van der Waals surface area contributed by atoms with E-state index in [1.54, 1.807) is 21.3 Å². The maximum atomic E-state index is 6.18. The van der Waals surface area contributed by atoms with Gasteiger partial charge in [0.05, 0.1) is 27.0 Å². The first-order valence-corrected chi connectivity index (χ1v) is 8.59. The molecule has 0 aliphatic carbocycles. The molecule has 2 aliphatic heterocycles. The van der Waals surface area contributed by atoms with Crippen LogP contribution in [0.5, 0.6) is 17.2 Å². The van der Waals surface area contributed by atoms with E-state index in [2.05, 4.69) is 23.1 Å². The van der Waals surface area contributed by atoms with Crippen molar-refractivity contribution in [3.8, 4) is 17.2 Å². The van der Waals surface area contributed by atoms with E-state index in [4.69, 9.17) is 19.9 Å². The Morgan fingerprint density at radius 3 is 2.46 bits per heavy atom. The van der Waals surface area contributed by atoms with Crippen LogP contribution in [0.1, 0.15) is 28.3 Å². The molecular weight excluding hydrogens is 352 g/mol. The van der Waals surface area contributed by atoms with Gasteiger partial charge in [0.25, 0.3) is 0 Å². The number of nitrogens with zero attached hydrogens (tertiary/aromatic N) is 1. The molecule has 2 aliphatic rings. The highest BCUT2D eigenvalue weighted by molar-refractivity contribution is 5.85. The fraction of sp³-hybridized carbons (Fsp3) is 0.400. The second-order valence-electron chi connectivity index (χ2n) is 6.67. The van der Waals surface area contributed by atoms with Crippen molar-refractivity contribution < 1.29 is 14.2 Å². The lowest BCUT2D eigenvalue weighted by Gasteiger charge is -2.42. The summed E-state index contributed by atoms with van der Waals surface area (Å²) in [5.41, 5.74) is 12.1. The van der Waals surface area contributed by atoms with Crippen LogP contribution >= 0.6 is 12.4 Å². The van der Waals surface area contributed by atoms with Gasteiger partial charge in [-0.2, -0.15) is 0 Å². The zero-order valence-electron chi connectivity index (χ0n) is 15.4. The number of nitrogens with two attached hydrogens (primary N) is 1. The number of nitrogen functional groups attached to an aromatic ring is 1. The monoisotopic (exact) mass is 376 g/mol. The van der Waals surface area contributed by atoms with E-state index >= 15 is 0 Å². The van der Waals surface area contributed by atoms with Crippen LogP contribution in [0, 0.1) is 0 Å². The summed E-state index contributed by atoms with van der Waals surface area (Å²) >= 11 is 0. The standard InChI is InChI=1S/C20H24N2O3.ClH/c1-23-18-5-4-12-8-17-14-10-16(21)19(24-2)9-13(14)6-7-22(17)11-15(12)20(18)25-3;/h4-5,9-10,17H,6-8,11,21H2,1-3H3;1H/t17-;/m0./s1. The lowest BCUT2D eigenvalue weighted by Crippen LogP contribution is -2.39. The Hall–Kier alpha value is -2.11. The largest absolute Gasteiger partial charge is 0.495 e. The Labute approximate surface area is 160 Å². The third kappa shape index (κ3) is 2.85. The van der Waals surface area contributed by atoms with Crippen LogP contribution in [0.2, 0.25) is 0 Å². The van der Waals surface area contributed by atoms with Crippen molar-refractivity contribution in [2.75, 3.05) is 33.6 Å². The molecule has 0 fully saturated rings. The van der Waals surface area contributed by atoms with E-state index in [-0.39, 0.29) is 12.4 Å². The van der Waals surface area contributed by atoms with Crippen LogP contribution in [0.25, 0.3) is 0 Å². The fourth-order valence-electron chi connectivity index (χ4n) is 4.21. The van der Waals surface area contributed by atoms with Gasteiger partial charge in [0.15, 0.2) is 11.5 Å². The molecule has 0 saturated carbocycles. The molecule has 4 rings (SSSR count). The zero-order chi connectivity index (χ0) is 17.6. The molecule has 6 heteroatoms. The average Bonchev–Trinajstić information content (AvgIpc) is 2.65. The number of ether oxygens (including phenoxy) is 3. The number of rotatable bonds is 3. The number of benzene rings is 2. The van der Waals surface area contributed by atoms with Gasteiger partial charge in [-0.3, -0.25) is 4.90 Å². The normalized spacial score (nSPS) is 18.0. The molecule has 26 heavy (non-hydrogen) atoms. The molecule has 2 aromatic carbocycles. The predicted octanol–water partition coefficient (Wildman–Crippen LogP) is 3.37. The molecule has 5 nitrogen and oxygen atoms in total. The van der Waals surface area contributed by atoms with Crippen molar-refractivity contribution in [1.29, 1.82) is 0 Å². The zero-order valence-corrected chi connectivity index (χ0v) is 16.2. The van der Waals surface area contributed by atoms with Crippen molar-refractivity contribution in [3.05, 3.63) is 46.5 Å². The molecule has 0 saturated heterocycles. The topological polar surface area (TPSA) is 57.0 Å². The molecule has 0 spiro atoms. The smallest absolute Gasteiger partial charge is 0.165 e. The summed E-state index contributed by atoms with van der Waals surface area (Å²) in [5.74, 6) is 2.43. The van der Waals surface area contributed by atoms with Crippen LogP contribution in [0.3, 0.4) is 0 Å². The molecular formula is C20H25ClN2O3. The van der Waals surface area contributed by atoms with Gasteiger partial charge in [0, 0.05) is 24.7 Å². The molecule has 140 valence electrons. The second-order valence-corrected chi connectivity index (χ2v) is 6.67. The molecule has 1 atom stereocenters. The minimum absolute atomic E-state index is 0. The van der Waals surface area contributed by atoms with Crippen molar-refractivity contribution in [2.45, 2.75) is 25.4 Å². The van der Waals surface area contributed by atoms with Gasteiger partial charge in [-0.1, -0.05) is 6.07 Å². The van der Waals surface area contributed by atoms with Crippen LogP contribution in [-0.4, -0.2) is 32.8 Å². The van der Waals surface area contributed by atoms with Crippen molar-refractivity contribution >= 4 is 18.1 Å². The second kappa shape index (κ2) is 7.25. The van der Waals surface area contributed by atoms with Gasteiger partial charge in [0.2, 0.25) is 0 Å². The van der Waals surface area contributed by atoms with E-state index in [1.807, 2.05) is 6.07 Å². The summed E-state index contributed by atoms with van der Waals surface area (Å²) in [6, 6.07) is 8.71. The van der Waals surface area contributed by atoms with E-state index in [1.165, 1.54) is 22.3 Å². The number of fused-ring (bicyclic) bond motifs is 4. The summed E-state index contributed by atoms with van der Waals surface area (Å²) < 4.78 is 16.5. The van der Waals surface area contributed by atoms with Crippen LogP contribution in [0.4, 0.5) is 5.69 Å². The Morgan fingerprint density at radius 1 is 1.00 bits per heavy atom. The van der Waals surface area contributed by atoms with Gasteiger partial charge in [-0.05, 0) is 47.7 Å². The lowest BCUT2D eigenvalue weighted by atomic mass is 9.83. The maximum Gasteiger partial charge on any atom is 0.165 e. The number of hydrogen-bond donors (Lipinski definition) is 1. The first kappa shape index (κ1) is 18.7. The summed E-state index contributed by atoms with van der Waals surface area (Å²) in [4.78, 5) is 2.51. The molecule has 0 radical (unpaired) electrons. The maximum absolute atomic E-state index is 6.18. The van der Waals surface area contributed by atoms with Gasteiger partial charge < -0.3 is 19.9 Å². The SMILES string of the molecule is COc1cc2c(cc1N)[C@@H]1Cc3ccc(OC)c(OC)c3CN1CC2.Cl. The number of halogens is 1. The number of hydrogen-bond acceptors (Lipinski definition) is 5. The summed E-state index contributed by atoms with van der Waals surface area (Å²) in [7, 11) is 5.07. The van der Waals surface area contributed by atoms with Crippen LogP contribution in [-0.2, 0) is 19.4 Å². The number of anilines is 1. The predicted molar refractivity (Wildman–Crippen MR) is 105 cm³/mol. The molecule has 2 heterocycles. The molecule has 2 N–H and O–H groups in total. The Morgan fingerprint density at radius 2 is 1.77 bits per heavy atom. The third-order valence-corrected chi connectivity index (χ3v) is 5.48. The van der Waals surface area contributed by atoms with E-state index in [0.717, 1.165) is 43.2 Å². The van der Waals surface area contributed by atoms with E-state index < -0.39 is 0 Å². The van der Waals surface area contributed by atoms with E-state index in [9.17, 15) is 0 Å². The Balaban J connectivity index is 0.00000196. The lowest BCUT2D eigenvalue weighted by molar-refractivity contribution is 0.157. The first-order valence-electron chi connectivity index (χ1n) is 8.59. The highest BCUT2D eigenvalue weighted by Gasteiger charge is 2.34.